The van der Waals surface area contributed by atoms with Crippen LogP contribution in [0.4, 0.5) is 0 Å². The highest BCUT2D eigenvalue weighted by Crippen LogP contribution is 2.19. The van der Waals surface area contributed by atoms with Crippen molar-refractivity contribution in [2.24, 2.45) is 5.41 Å². The Hall–Kier alpha value is -0.590. The maximum Gasteiger partial charge on any atom is 0.133 e. The fourth-order valence-corrected chi connectivity index (χ4v) is 0.943. The maximum atomic E-state index is 11.2. The summed E-state index contributed by atoms with van der Waals surface area (Å²) in [5, 5.41) is 0. The van der Waals surface area contributed by atoms with Gasteiger partial charge in [0.25, 0.3) is 0 Å². The normalized spacial score (nSPS) is 11.2. The fraction of sp³-hybridized carbons (Fsp3) is 0.700. The quantitative estimate of drug-likeness (QED) is 0.569. The minimum Gasteiger partial charge on any atom is -0.300 e. The Kier molecular flexibility index (Phi) is 4.09. The van der Waals surface area contributed by atoms with Crippen molar-refractivity contribution in [1.82, 2.24) is 0 Å². The van der Waals surface area contributed by atoms with Gasteiger partial charge in [-0.15, -0.1) is 6.58 Å². The number of hydrogen-bond acceptors (Lipinski definition) is 1. The number of carbonyl (C=O) groups excluding carboxylic acids is 1. The van der Waals surface area contributed by atoms with Gasteiger partial charge < -0.3 is 0 Å². The molecule has 0 aromatic heterocycles. The van der Waals surface area contributed by atoms with Crippen LogP contribution in [0.1, 0.15) is 40.0 Å². The summed E-state index contributed by atoms with van der Waals surface area (Å²) >= 11 is 0. The molecule has 11 heavy (non-hydrogen) atoms. The van der Waals surface area contributed by atoms with Crippen LogP contribution in [-0.2, 0) is 4.79 Å². The molecule has 1 nitrogen and oxygen atoms in total. The second kappa shape index (κ2) is 4.32. The van der Waals surface area contributed by atoms with E-state index in [-0.39, 0.29) is 5.41 Å². The third kappa shape index (κ3) is 7.31. The average molecular weight is 154 g/mol. The van der Waals surface area contributed by atoms with Gasteiger partial charge in [0.05, 0.1) is 0 Å². The van der Waals surface area contributed by atoms with Gasteiger partial charge in [-0.2, -0.15) is 0 Å². The Morgan fingerprint density at radius 3 is 2.36 bits per heavy atom. The van der Waals surface area contributed by atoms with Crippen LogP contribution in [0.3, 0.4) is 0 Å². The molecule has 1 heteroatoms. The van der Waals surface area contributed by atoms with Crippen LogP contribution in [0.25, 0.3) is 0 Å². The number of allylic oxidation sites excluding steroid dienone is 1. The minimum atomic E-state index is 0.137. The first-order valence-corrected chi connectivity index (χ1v) is 4.08. The van der Waals surface area contributed by atoms with Crippen LogP contribution in [0.5, 0.6) is 0 Å². The lowest BCUT2D eigenvalue weighted by Crippen LogP contribution is -2.12. The van der Waals surface area contributed by atoms with Gasteiger partial charge in [-0.05, 0) is 11.8 Å². The van der Waals surface area contributed by atoms with E-state index in [2.05, 4.69) is 27.4 Å². The molecular weight excluding hydrogens is 136 g/mol. The highest BCUT2D eigenvalue weighted by Gasteiger charge is 2.14. The molecule has 64 valence electrons. The monoisotopic (exact) mass is 154 g/mol. The Balaban J connectivity index is 3.61. The van der Waals surface area contributed by atoms with Gasteiger partial charge >= 0.3 is 0 Å². The third-order valence-corrected chi connectivity index (χ3v) is 1.35. The molecule has 0 spiro atoms. The predicted molar refractivity (Wildman–Crippen MR) is 48.5 cm³/mol. The first-order chi connectivity index (χ1) is 4.95. The van der Waals surface area contributed by atoms with Crippen LogP contribution in [0, 0.1) is 5.41 Å². The molecule has 0 atom stereocenters. The lowest BCUT2D eigenvalue weighted by molar-refractivity contribution is -0.120. The SMILES string of the molecule is C=CCCC(=O)CC(C)(C)C. The van der Waals surface area contributed by atoms with E-state index in [1.807, 2.05) is 0 Å². The van der Waals surface area contributed by atoms with E-state index in [4.69, 9.17) is 0 Å². The summed E-state index contributed by atoms with van der Waals surface area (Å²) in [6.45, 7) is 9.82. The van der Waals surface area contributed by atoms with E-state index in [1.165, 1.54) is 0 Å². The molecule has 0 heterocycles. The summed E-state index contributed by atoms with van der Waals surface area (Å²) < 4.78 is 0. The van der Waals surface area contributed by atoms with Gasteiger partial charge in [0, 0.05) is 12.8 Å². The first-order valence-electron chi connectivity index (χ1n) is 4.08. The van der Waals surface area contributed by atoms with E-state index in [0.29, 0.717) is 18.6 Å². The molecular formula is C10H18O. The lowest BCUT2D eigenvalue weighted by atomic mass is 9.89. The van der Waals surface area contributed by atoms with Crippen LogP contribution in [0.2, 0.25) is 0 Å². The molecule has 0 amide bonds. The zero-order valence-electron chi connectivity index (χ0n) is 7.81. The molecule has 0 rings (SSSR count). The molecule has 0 bridgehead atoms. The number of Topliss-reactive ketones (excluding diaryl/α,β-unsaturated/α-hetero) is 1. The van der Waals surface area contributed by atoms with Crippen molar-refractivity contribution >= 4 is 5.78 Å². The average Bonchev–Trinajstić information content (AvgIpc) is 1.79. The molecule has 0 aromatic rings. The number of rotatable bonds is 4. The zero-order valence-corrected chi connectivity index (χ0v) is 7.81. The van der Waals surface area contributed by atoms with Crippen molar-refractivity contribution in [2.45, 2.75) is 40.0 Å². The Bertz CT molecular complexity index is 139. The molecule has 0 aliphatic rings. The largest absolute Gasteiger partial charge is 0.300 e. The van der Waals surface area contributed by atoms with Crippen molar-refractivity contribution < 1.29 is 4.79 Å². The summed E-state index contributed by atoms with van der Waals surface area (Å²) in [5.74, 6) is 0.345. The molecule has 0 saturated carbocycles. The van der Waals surface area contributed by atoms with Gasteiger partial charge in [0.15, 0.2) is 0 Å². The van der Waals surface area contributed by atoms with Gasteiger partial charge in [-0.25, -0.2) is 0 Å². The van der Waals surface area contributed by atoms with Crippen LogP contribution < -0.4 is 0 Å². The number of carbonyl (C=O) groups is 1. The molecule has 0 unspecified atom stereocenters. The second-order valence-corrected chi connectivity index (χ2v) is 4.10. The van der Waals surface area contributed by atoms with E-state index in [9.17, 15) is 4.79 Å². The summed E-state index contributed by atoms with van der Waals surface area (Å²) in [7, 11) is 0. The molecule has 0 radical (unpaired) electrons. The number of hydrogen-bond donors (Lipinski definition) is 0. The highest BCUT2D eigenvalue weighted by molar-refractivity contribution is 5.79. The smallest absolute Gasteiger partial charge is 0.133 e. The summed E-state index contributed by atoms with van der Waals surface area (Å²) in [4.78, 5) is 11.2. The zero-order chi connectivity index (χ0) is 8.91. The van der Waals surface area contributed by atoms with Gasteiger partial charge in [-0.3, -0.25) is 4.79 Å². The minimum absolute atomic E-state index is 0.137. The summed E-state index contributed by atoms with van der Waals surface area (Å²) in [6.07, 6.45) is 3.94. The Labute approximate surface area is 69.5 Å². The topological polar surface area (TPSA) is 17.1 Å². The van der Waals surface area contributed by atoms with Crippen molar-refractivity contribution in [1.29, 1.82) is 0 Å². The molecule has 0 aliphatic heterocycles. The van der Waals surface area contributed by atoms with Crippen LogP contribution in [-0.4, -0.2) is 5.78 Å². The second-order valence-electron chi connectivity index (χ2n) is 4.10. The maximum absolute atomic E-state index is 11.2. The van der Waals surface area contributed by atoms with E-state index >= 15 is 0 Å². The van der Waals surface area contributed by atoms with Crippen molar-refractivity contribution in [2.75, 3.05) is 0 Å². The number of ketones is 1. The van der Waals surface area contributed by atoms with E-state index in [0.717, 1.165) is 6.42 Å². The van der Waals surface area contributed by atoms with Gasteiger partial charge in [0.1, 0.15) is 5.78 Å². The van der Waals surface area contributed by atoms with Crippen molar-refractivity contribution in [3.8, 4) is 0 Å². The molecule has 0 fully saturated rings. The van der Waals surface area contributed by atoms with Gasteiger partial charge in [0.2, 0.25) is 0 Å². The first kappa shape index (κ1) is 10.4. The fourth-order valence-electron chi connectivity index (χ4n) is 0.943. The van der Waals surface area contributed by atoms with Crippen LogP contribution in [0.15, 0.2) is 12.7 Å². The summed E-state index contributed by atoms with van der Waals surface area (Å²) in [6, 6.07) is 0. The molecule has 0 N–H and O–H groups in total. The van der Waals surface area contributed by atoms with Gasteiger partial charge in [-0.1, -0.05) is 26.8 Å². The van der Waals surface area contributed by atoms with E-state index in [1.54, 1.807) is 6.08 Å². The van der Waals surface area contributed by atoms with Crippen LogP contribution >= 0.6 is 0 Å². The Morgan fingerprint density at radius 1 is 1.45 bits per heavy atom. The third-order valence-electron chi connectivity index (χ3n) is 1.35. The highest BCUT2D eigenvalue weighted by atomic mass is 16.1. The molecule has 0 aromatic carbocycles. The lowest BCUT2D eigenvalue weighted by Gasteiger charge is -2.16. The molecule has 0 saturated heterocycles. The van der Waals surface area contributed by atoms with Crippen molar-refractivity contribution in [3.63, 3.8) is 0 Å². The van der Waals surface area contributed by atoms with Crippen molar-refractivity contribution in [3.05, 3.63) is 12.7 Å². The summed E-state index contributed by atoms with van der Waals surface area (Å²) in [5.41, 5.74) is 0.137. The van der Waals surface area contributed by atoms with E-state index < -0.39 is 0 Å². The molecule has 0 aliphatic carbocycles. The standard InChI is InChI=1S/C10H18O/c1-5-6-7-9(11)8-10(2,3)4/h5H,1,6-8H2,2-4H3. The Morgan fingerprint density at radius 2 is 2.00 bits per heavy atom. The predicted octanol–water partition coefficient (Wildman–Crippen LogP) is 2.96.